The second kappa shape index (κ2) is 8.25. The topological polar surface area (TPSA) is 67.2 Å². The molecule has 0 aliphatic carbocycles. The van der Waals surface area contributed by atoms with Crippen LogP contribution in [0.2, 0.25) is 0 Å². The summed E-state index contributed by atoms with van der Waals surface area (Å²) in [7, 11) is 0. The molecule has 1 aliphatic rings. The molecule has 4 rings (SSSR count). The quantitative estimate of drug-likeness (QED) is 0.618. The minimum Gasteiger partial charge on any atom is -0.353 e. The maximum absolute atomic E-state index is 13.1. The molecule has 0 spiro atoms. The molecule has 7 nitrogen and oxygen atoms in total. The van der Waals surface area contributed by atoms with Crippen LogP contribution in [-0.2, 0) is 6.18 Å². The van der Waals surface area contributed by atoms with Gasteiger partial charge >= 0.3 is 6.18 Å². The molecular formula is C22H23F3N6O. The summed E-state index contributed by atoms with van der Waals surface area (Å²) in [6.07, 6.45) is -3.03. The van der Waals surface area contributed by atoms with Crippen LogP contribution in [0.25, 0.3) is 5.69 Å². The van der Waals surface area contributed by atoms with Crippen LogP contribution in [0.1, 0.15) is 33.1 Å². The Morgan fingerprint density at radius 2 is 1.72 bits per heavy atom. The highest BCUT2D eigenvalue weighted by Crippen LogP contribution is 2.30. The van der Waals surface area contributed by atoms with Crippen LogP contribution >= 0.6 is 0 Å². The molecule has 0 bridgehead atoms. The van der Waals surface area contributed by atoms with Crippen molar-refractivity contribution in [2.45, 2.75) is 26.9 Å². The van der Waals surface area contributed by atoms with E-state index in [4.69, 9.17) is 0 Å². The molecule has 1 aromatic carbocycles. The summed E-state index contributed by atoms with van der Waals surface area (Å²) >= 11 is 0. The van der Waals surface area contributed by atoms with E-state index in [9.17, 15) is 18.0 Å². The van der Waals surface area contributed by atoms with E-state index in [0.717, 1.165) is 23.6 Å². The molecule has 0 radical (unpaired) electrons. The molecule has 0 N–H and O–H groups in total. The Bertz CT molecular complexity index is 1130. The number of alkyl halides is 3. The number of aromatic nitrogens is 4. The molecule has 3 aromatic rings. The van der Waals surface area contributed by atoms with E-state index in [-0.39, 0.29) is 11.6 Å². The van der Waals surface area contributed by atoms with E-state index in [1.165, 1.54) is 23.0 Å². The van der Waals surface area contributed by atoms with Crippen molar-refractivity contribution in [3.05, 3.63) is 64.9 Å². The Morgan fingerprint density at radius 1 is 1.00 bits per heavy atom. The first-order valence-corrected chi connectivity index (χ1v) is 10.2. The molecule has 1 fully saturated rings. The van der Waals surface area contributed by atoms with Crippen molar-refractivity contribution in [3.8, 4) is 5.69 Å². The zero-order valence-corrected chi connectivity index (χ0v) is 18.0. The number of hydrogen-bond acceptors (Lipinski definition) is 5. The first kappa shape index (κ1) is 21.8. The Kier molecular flexibility index (Phi) is 5.62. The summed E-state index contributed by atoms with van der Waals surface area (Å²) < 4.78 is 40.5. The zero-order valence-electron chi connectivity index (χ0n) is 18.0. The standard InChI is InChI=1S/C22H23F3N6O/c1-14-11-20(28-16(3)27-14)29-7-9-30(10-8-29)21(32)19-13-26-31(15(19)2)18-6-4-5-17(12-18)22(23,24)25/h4-6,11-13H,7-10H2,1-3H3. The fourth-order valence-corrected chi connectivity index (χ4v) is 3.86. The number of carbonyl (C=O) groups is 1. The number of piperazine rings is 1. The molecule has 2 aromatic heterocycles. The second-order valence-electron chi connectivity index (χ2n) is 7.80. The first-order chi connectivity index (χ1) is 15.1. The van der Waals surface area contributed by atoms with Gasteiger partial charge in [0.2, 0.25) is 0 Å². The summed E-state index contributed by atoms with van der Waals surface area (Å²) in [5.41, 5.74) is 1.27. The molecular weight excluding hydrogens is 421 g/mol. The lowest BCUT2D eigenvalue weighted by molar-refractivity contribution is -0.137. The highest BCUT2D eigenvalue weighted by atomic mass is 19.4. The molecule has 32 heavy (non-hydrogen) atoms. The summed E-state index contributed by atoms with van der Waals surface area (Å²) in [6, 6.07) is 6.82. The molecule has 10 heteroatoms. The molecule has 1 saturated heterocycles. The van der Waals surface area contributed by atoms with Gasteiger partial charge in [-0.2, -0.15) is 18.3 Å². The monoisotopic (exact) mass is 444 g/mol. The van der Waals surface area contributed by atoms with Gasteiger partial charge in [0.15, 0.2) is 0 Å². The van der Waals surface area contributed by atoms with Crippen LogP contribution in [0.5, 0.6) is 0 Å². The number of halogens is 3. The van der Waals surface area contributed by atoms with Gasteiger partial charge in [-0.25, -0.2) is 14.6 Å². The van der Waals surface area contributed by atoms with Crippen molar-refractivity contribution < 1.29 is 18.0 Å². The molecule has 0 atom stereocenters. The number of anilines is 1. The number of rotatable bonds is 3. The van der Waals surface area contributed by atoms with E-state index in [2.05, 4.69) is 20.0 Å². The maximum Gasteiger partial charge on any atom is 0.416 e. The third kappa shape index (κ3) is 4.30. The van der Waals surface area contributed by atoms with Gasteiger partial charge < -0.3 is 9.80 Å². The largest absolute Gasteiger partial charge is 0.416 e. The Morgan fingerprint density at radius 3 is 2.38 bits per heavy atom. The smallest absolute Gasteiger partial charge is 0.353 e. The third-order valence-electron chi connectivity index (χ3n) is 5.50. The Labute approximate surface area is 183 Å². The fraction of sp³-hybridized carbons (Fsp3) is 0.364. The van der Waals surface area contributed by atoms with Crippen molar-refractivity contribution in [1.29, 1.82) is 0 Å². The molecule has 1 amide bonds. The van der Waals surface area contributed by atoms with Gasteiger partial charge in [0, 0.05) is 37.9 Å². The SMILES string of the molecule is Cc1cc(N2CCN(C(=O)c3cnn(-c4cccc(C(F)(F)F)c4)c3C)CC2)nc(C)n1. The van der Waals surface area contributed by atoms with Crippen LogP contribution in [0.15, 0.2) is 36.5 Å². The minimum atomic E-state index is -4.45. The predicted molar refractivity (Wildman–Crippen MR) is 113 cm³/mol. The second-order valence-corrected chi connectivity index (χ2v) is 7.80. The third-order valence-corrected chi connectivity index (χ3v) is 5.50. The summed E-state index contributed by atoms with van der Waals surface area (Å²) in [5, 5.41) is 4.18. The number of amides is 1. The lowest BCUT2D eigenvalue weighted by Crippen LogP contribution is -2.49. The van der Waals surface area contributed by atoms with Gasteiger partial charge in [-0.3, -0.25) is 4.79 Å². The van der Waals surface area contributed by atoms with Gasteiger partial charge in [0.1, 0.15) is 11.6 Å². The lowest BCUT2D eigenvalue weighted by atomic mass is 10.1. The molecule has 168 valence electrons. The number of carbonyl (C=O) groups excluding carboxylic acids is 1. The zero-order chi connectivity index (χ0) is 23.0. The molecule has 3 heterocycles. The summed E-state index contributed by atoms with van der Waals surface area (Å²) in [5.74, 6) is 1.36. The lowest BCUT2D eigenvalue weighted by Gasteiger charge is -2.35. The predicted octanol–water partition coefficient (Wildman–Crippen LogP) is 3.57. The maximum atomic E-state index is 13.1. The summed E-state index contributed by atoms with van der Waals surface area (Å²) in [4.78, 5) is 25.7. The number of benzene rings is 1. The summed E-state index contributed by atoms with van der Waals surface area (Å²) in [6.45, 7) is 7.72. The normalized spacial score (nSPS) is 14.7. The fourth-order valence-electron chi connectivity index (χ4n) is 3.86. The van der Waals surface area contributed by atoms with Crippen molar-refractivity contribution in [1.82, 2.24) is 24.6 Å². The average molecular weight is 444 g/mol. The highest BCUT2D eigenvalue weighted by Gasteiger charge is 2.31. The van der Waals surface area contributed by atoms with E-state index in [1.54, 1.807) is 11.8 Å². The van der Waals surface area contributed by atoms with Crippen LogP contribution in [0.3, 0.4) is 0 Å². The van der Waals surface area contributed by atoms with Crippen molar-refractivity contribution in [2.75, 3.05) is 31.1 Å². The van der Waals surface area contributed by atoms with E-state index in [0.29, 0.717) is 43.3 Å². The molecule has 0 unspecified atom stereocenters. The van der Waals surface area contributed by atoms with Gasteiger partial charge in [0.25, 0.3) is 5.91 Å². The average Bonchev–Trinajstić information content (AvgIpc) is 3.13. The Hall–Kier alpha value is -3.43. The van der Waals surface area contributed by atoms with Gasteiger partial charge in [-0.1, -0.05) is 6.07 Å². The van der Waals surface area contributed by atoms with Crippen molar-refractivity contribution >= 4 is 11.7 Å². The Balaban J connectivity index is 1.49. The van der Waals surface area contributed by atoms with Crippen molar-refractivity contribution in [2.24, 2.45) is 0 Å². The van der Waals surface area contributed by atoms with Crippen molar-refractivity contribution in [3.63, 3.8) is 0 Å². The number of hydrogen-bond donors (Lipinski definition) is 0. The van der Waals surface area contributed by atoms with Crippen LogP contribution in [0.4, 0.5) is 19.0 Å². The molecule has 0 saturated carbocycles. The van der Waals surface area contributed by atoms with Gasteiger partial charge in [-0.05, 0) is 39.0 Å². The van der Waals surface area contributed by atoms with E-state index < -0.39 is 11.7 Å². The highest BCUT2D eigenvalue weighted by molar-refractivity contribution is 5.95. The van der Waals surface area contributed by atoms with Crippen LogP contribution in [-0.4, -0.2) is 56.7 Å². The van der Waals surface area contributed by atoms with E-state index >= 15 is 0 Å². The van der Waals surface area contributed by atoms with E-state index in [1.807, 2.05) is 19.9 Å². The van der Waals surface area contributed by atoms with Gasteiger partial charge in [0.05, 0.1) is 28.7 Å². The van der Waals surface area contributed by atoms with Gasteiger partial charge in [-0.15, -0.1) is 0 Å². The minimum absolute atomic E-state index is 0.185. The number of aryl methyl sites for hydroxylation is 2. The molecule has 1 aliphatic heterocycles. The van der Waals surface area contributed by atoms with Crippen LogP contribution < -0.4 is 4.90 Å². The van der Waals surface area contributed by atoms with Crippen LogP contribution in [0, 0.1) is 20.8 Å². The first-order valence-electron chi connectivity index (χ1n) is 10.2. The number of nitrogens with zero attached hydrogens (tertiary/aromatic N) is 6.